The van der Waals surface area contributed by atoms with E-state index in [-0.39, 0.29) is 0 Å². The third-order valence-corrected chi connectivity index (χ3v) is 4.06. The molecule has 1 aliphatic heterocycles. The van der Waals surface area contributed by atoms with Gasteiger partial charge in [0.15, 0.2) is 0 Å². The number of hydrogen-bond acceptors (Lipinski definition) is 2. The van der Waals surface area contributed by atoms with Gasteiger partial charge in [-0.3, -0.25) is 4.68 Å². The number of hydrogen-bond donors (Lipinski definition) is 1. The molecular formula is C16H21N3. The van der Waals surface area contributed by atoms with E-state index in [0.717, 1.165) is 6.54 Å². The number of benzene rings is 1. The molecule has 3 heteroatoms. The molecule has 0 bridgehead atoms. The summed E-state index contributed by atoms with van der Waals surface area (Å²) in [7, 11) is 2.05. The average Bonchev–Trinajstić information content (AvgIpc) is 2.82. The Balaban J connectivity index is 2.05. The van der Waals surface area contributed by atoms with Gasteiger partial charge in [0.1, 0.15) is 0 Å². The van der Waals surface area contributed by atoms with E-state index in [1.54, 1.807) is 0 Å². The number of piperidine rings is 1. The van der Waals surface area contributed by atoms with E-state index in [0.29, 0.717) is 6.04 Å². The summed E-state index contributed by atoms with van der Waals surface area (Å²) in [4.78, 5) is 0. The Morgan fingerprint density at radius 1 is 1.21 bits per heavy atom. The molecule has 1 fully saturated rings. The Hall–Kier alpha value is -1.61. The second-order valence-electron chi connectivity index (χ2n) is 5.38. The van der Waals surface area contributed by atoms with Crippen LogP contribution in [0.4, 0.5) is 0 Å². The summed E-state index contributed by atoms with van der Waals surface area (Å²) in [6.45, 7) is 3.28. The van der Waals surface area contributed by atoms with Crippen molar-refractivity contribution in [2.75, 3.05) is 6.54 Å². The third kappa shape index (κ3) is 2.30. The molecule has 0 spiro atoms. The summed E-state index contributed by atoms with van der Waals surface area (Å²) in [5, 5.41) is 8.12. The third-order valence-electron chi connectivity index (χ3n) is 4.06. The molecule has 1 aromatic carbocycles. The van der Waals surface area contributed by atoms with E-state index in [9.17, 15) is 0 Å². The highest BCUT2D eigenvalue weighted by Crippen LogP contribution is 2.33. The molecule has 19 heavy (non-hydrogen) atoms. The van der Waals surface area contributed by atoms with Gasteiger partial charge in [-0.1, -0.05) is 30.7 Å². The number of rotatable bonds is 2. The Morgan fingerprint density at radius 3 is 2.79 bits per heavy atom. The molecule has 100 valence electrons. The van der Waals surface area contributed by atoms with Crippen LogP contribution in [0.5, 0.6) is 0 Å². The van der Waals surface area contributed by atoms with Gasteiger partial charge in [-0.2, -0.15) is 5.10 Å². The maximum atomic E-state index is 4.49. The molecule has 1 N–H and O–H groups in total. The van der Waals surface area contributed by atoms with Gasteiger partial charge in [-0.05, 0) is 37.4 Å². The zero-order chi connectivity index (χ0) is 13.2. The van der Waals surface area contributed by atoms with E-state index in [2.05, 4.69) is 41.6 Å². The summed E-state index contributed by atoms with van der Waals surface area (Å²) in [6.07, 6.45) is 5.80. The quantitative estimate of drug-likeness (QED) is 0.893. The highest BCUT2D eigenvalue weighted by atomic mass is 15.3. The van der Waals surface area contributed by atoms with E-state index in [4.69, 9.17) is 0 Å². The van der Waals surface area contributed by atoms with Crippen molar-refractivity contribution in [3.63, 3.8) is 0 Å². The molecule has 1 aromatic heterocycles. The van der Waals surface area contributed by atoms with Gasteiger partial charge in [0.2, 0.25) is 0 Å². The molecule has 1 unspecified atom stereocenters. The lowest BCUT2D eigenvalue weighted by Crippen LogP contribution is -2.28. The first-order valence-electron chi connectivity index (χ1n) is 7.08. The molecule has 3 rings (SSSR count). The minimum atomic E-state index is 0.441. The second kappa shape index (κ2) is 5.17. The van der Waals surface area contributed by atoms with Crippen LogP contribution in [-0.4, -0.2) is 16.3 Å². The van der Waals surface area contributed by atoms with Crippen molar-refractivity contribution in [2.24, 2.45) is 7.05 Å². The van der Waals surface area contributed by atoms with Gasteiger partial charge in [-0.25, -0.2) is 0 Å². The number of nitrogens with one attached hydrogen (secondary N) is 1. The lowest BCUT2D eigenvalue weighted by molar-refractivity contribution is 0.394. The van der Waals surface area contributed by atoms with Crippen LogP contribution < -0.4 is 5.32 Å². The van der Waals surface area contributed by atoms with Gasteiger partial charge in [0, 0.05) is 18.7 Å². The Labute approximate surface area is 114 Å². The number of nitrogens with zero attached hydrogens (tertiary/aromatic N) is 2. The standard InChI is InChI=1S/C16H21N3/c1-12-7-3-4-8-13(12)14-11-18-19(2)16(14)15-9-5-6-10-17-15/h3-4,7-8,11,15,17H,5-6,9-10H2,1-2H3. The highest BCUT2D eigenvalue weighted by molar-refractivity contribution is 5.69. The molecule has 0 amide bonds. The summed E-state index contributed by atoms with van der Waals surface area (Å²) >= 11 is 0. The van der Waals surface area contributed by atoms with Gasteiger partial charge in [-0.15, -0.1) is 0 Å². The molecule has 2 heterocycles. The predicted molar refractivity (Wildman–Crippen MR) is 78.0 cm³/mol. The molecule has 0 aliphatic carbocycles. The van der Waals surface area contributed by atoms with Crippen LogP contribution in [0.15, 0.2) is 30.5 Å². The molecule has 3 nitrogen and oxygen atoms in total. The Bertz CT molecular complexity index is 565. The molecule has 0 saturated carbocycles. The van der Waals surface area contributed by atoms with Crippen molar-refractivity contribution in [2.45, 2.75) is 32.2 Å². The fraction of sp³-hybridized carbons (Fsp3) is 0.438. The van der Waals surface area contributed by atoms with Crippen molar-refractivity contribution in [1.82, 2.24) is 15.1 Å². The average molecular weight is 255 g/mol. The van der Waals surface area contributed by atoms with Crippen LogP contribution in [0.25, 0.3) is 11.1 Å². The topological polar surface area (TPSA) is 29.9 Å². The van der Waals surface area contributed by atoms with Gasteiger partial charge in [0.25, 0.3) is 0 Å². The van der Waals surface area contributed by atoms with Gasteiger partial charge in [0.05, 0.1) is 11.9 Å². The van der Waals surface area contributed by atoms with Crippen molar-refractivity contribution >= 4 is 0 Å². The lowest BCUT2D eigenvalue weighted by atomic mass is 9.94. The predicted octanol–water partition coefficient (Wildman–Crippen LogP) is 3.21. The van der Waals surface area contributed by atoms with Gasteiger partial charge < -0.3 is 5.32 Å². The zero-order valence-corrected chi connectivity index (χ0v) is 11.7. The van der Waals surface area contributed by atoms with E-state index >= 15 is 0 Å². The zero-order valence-electron chi connectivity index (χ0n) is 11.7. The van der Waals surface area contributed by atoms with Crippen LogP contribution in [0, 0.1) is 6.92 Å². The fourth-order valence-corrected chi connectivity index (χ4v) is 3.03. The first-order valence-corrected chi connectivity index (χ1v) is 7.08. The second-order valence-corrected chi connectivity index (χ2v) is 5.38. The van der Waals surface area contributed by atoms with Crippen LogP contribution >= 0.6 is 0 Å². The SMILES string of the molecule is Cc1ccccc1-c1cnn(C)c1C1CCCCN1. The Kier molecular flexibility index (Phi) is 3.38. The largest absolute Gasteiger partial charge is 0.309 e. The number of aryl methyl sites for hydroxylation is 2. The van der Waals surface area contributed by atoms with Crippen LogP contribution in [0.3, 0.4) is 0 Å². The van der Waals surface area contributed by atoms with Crippen molar-refractivity contribution < 1.29 is 0 Å². The first-order chi connectivity index (χ1) is 9.27. The normalized spacial score (nSPS) is 19.6. The first kappa shape index (κ1) is 12.4. The molecular weight excluding hydrogens is 234 g/mol. The summed E-state index contributed by atoms with van der Waals surface area (Å²) in [5.74, 6) is 0. The lowest BCUT2D eigenvalue weighted by Gasteiger charge is -2.25. The Morgan fingerprint density at radius 2 is 2.05 bits per heavy atom. The molecule has 1 aliphatic rings. The summed E-state index contributed by atoms with van der Waals surface area (Å²) in [6, 6.07) is 9.00. The molecule has 0 radical (unpaired) electrons. The molecule has 2 aromatic rings. The van der Waals surface area contributed by atoms with Gasteiger partial charge >= 0.3 is 0 Å². The van der Waals surface area contributed by atoms with Crippen molar-refractivity contribution in [3.05, 3.63) is 41.7 Å². The minimum Gasteiger partial charge on any atom is -0.309 e. The molecule has 1 atom stereocenters. The maximum Gasteiger partial charge on any atom is 0.0628 e. The molecule has 1 saturated heterocycles. The fourth-order valence-electron chi connectivity index (χ4n) is 3.03. The van der Waals surface area contributed by atoms with Crippen LogP contribution in [0.2, 0.25) is 0 Å². The minimum absolute atomic E-state index is 0.441. The van der Waals surface area contributed by atoms with Crippen molar-refractivity contribution in [3.8, 4) is 11.1 Å². The monoisotopic (exact) mass is 255 g/mol. The maximum absolute atomic E-state index is 4.49. The summed E-state index contributed by atoms with van der Waals surface area (Å²) < 4.78 is 2.03. The van der Waals surface area contributed by atoms with Crippen LogP contribution in [0.1, 0.15) is 36.6 Å². The van der Waals surface area contributed by atoms with E-state index < -0.39 is 0 Å². The number of aromatic nitrogens is 2. The summed E-state index contributed by atoms with van der Waals surface area (Å²) in [5.41, 5.74) is 5.22. The van der Waals surface area contributed by atoms with Crippen LogP contribution in [-0.2, 0) is 7.05 Å². The van der Waals surface area contributed by atoms with E-state index in [1.807, 2.05) is 17.9 Å². The van der Waals surface area contributed by atoms with Crippen molar-refractivity contribution in [1.29, 1.82) is 0 Å². The highest BCUT2D eigenvalue weighted by Gasteiger charge is 2.22. The van der Waals surface area contributed by atoms with E-state index in [1.165, 1.54) is 41.6 Å². The smallest absolute Gasteiger partial charge is 0.0628 e.